The minimum atomic E-state index is -0.740. The van der Waals surface area contributed by atoms with Gasteiger partial charge in [0, 0.05) is 0 Å². The lowest BCUT2D eigenvalue weighted by Crippen LogP contribution is -2.27. The standard InChI is InChI=1S/C8H11N3O4/c1-8(2,3)15-7(12)10-5-4-6(9-10)11(13)14/h4-5H,1-3H3. The van der Waals surface area contributed by atoms with Crippen molar-refractivity contribution in [2.24, 2.45) is 0 Å². The van der Waals surface area contributed by atoms with E-state index in [4.69, 9.17) is 4.74 Å². The summed E-state index contributed by atoms with van der Waals surface area (Å²) in [5.41, 5.74) is -0.655. The summed E-state index contributed by atoms with van der Waals surface area (Å²) in [6, 6.07) is 1.13. The zero-order valence-electron chi connectivity index (χ0n) is 8.63. The zero-order chi connectivity index (χ0) is 11.6. The number of ether oxygens (including phenoxy) is 1. The number of rotatable bonds is 1. The molecule has 0 amide bonds. The van der Waals surface area contributed by atoms with E-state index in [1.807, 2.05) is 0 Å². The predicted molar refractivity (Wildman–Crippen MR) is 50.5 cm³/mol. The first-order valence-corrected chi connectivity index (χ1v) is 4.23. The maximum atomic E-state index is 11.4. The molecule has 15 heavy (non-hydrogen) atoms. The third-order valence-corrected chi connectivity index (χ3v) is 1.34. The van der Waals surface area contributed by atoms with Crippen molar-refractivity contribution in [3.05, 3.63) is 22.4 Å². The van der Waals surface area contributed by atoms with Gasteiger partial charge in [-0.3, -0.25) is 0 Å². The Kier molecular flexibility index (Phi) is 2.74. The fourth-order valence-electron chi connectivity index (χ4n) is 0.822. The summed E-state index contributed by atoms with van der Waals surface area (Å²) in [7, 11) is 0. The van der Waals surface area contributed by atoms with Crippen molar-refractivity contribution in [2.75, 3.05) is 0 Å². The summed E-state index contributed by atoms with van der Waals surface area (Å²) in [5, 5.41) is 13.7. The van der Waals surface area contributed by atoms with Crippen molar-refractivity contribution in [3.63, 3.8) is 0 Å². The van der Waals surface area contributed by atoms with E-state index in [9.17, 15) is 14.9 Å². The number of carbonyl (C=O) groups is 1. The molecule has 1 rings (SSSR count). The molecule has 0 atom stereocenters. The summed E-state index contributed by atoms with van der Waals surface area (Å²) in [4.78, 5) is 21.0. The topological polar surface area (TPSA) is 87.3 Å². The quantitative estimate of drug-likeness (QED) is 0.522. The lowest BCUT2D eigenvalue weighted by atomic mass is 10.2. The van der Waals surface area contributed by atoms with Crippen LogP contribution in [0.4, 0.5) is 10.6 Å². The van der Waals surface area contributed by atoms with Gasteiger partial charge in [0.2, 0.25) is 0 Å². The van der Waals surface area contributed by atoms with Crippen LogP contribution < -0.4 is 0 Å². The molecule has 1 aromatic rings. The van der Waals surface area contributed by atoms with Crippen molar-refractivity contribution in [3.8, 4) is 0 Å². The summed E-state index contributed by atoms with van der Waals surface area (Å²) in [6.07, 6.45) is 0.447. The van der Waals surface area contributed by atoms with Gasteiger partial charge in [0.05, 0.1) is 17.4 Å². The SMILES string of the molecule is CC(C)(C)OC(=O)n1ccc([N+](=O)[O-])n1. The van der Waals surface area contributed by atoms with Crippen molar-refractivity contribution in [1.29, 1.82) is 0 Å². The van der Waals surface area contributed by atoms with Crippen LogP contribution in [-0.2, 0) is 4.74 Å². The van der Waals surface area contributed by atoms with Gasteiger partial charge in [-0.15, -0.1) is 0 Å². The molecular weight excluding hydrogens is 202 g/mol. The Morgan fingerprint density at radius 2 is 2.20 bits per heavy atom. The van der Waals surface area contributed by atoms with Gasteiger partial charge in [-0.2, -0.15) is 0 Å². The Morgan fingerprint density at radius 3 is 2.60 bits per heavy atom. The van der Waals surface area contributed by atoms with Gasteiger partial charge in [0.1, 0.15) is 5.60 Å². The smallest absolute Gasteiger partial charge is 0.441 e. The third-order valence-electron chi connectivity index (χ3n) is 1.34. The highest BCUT2D eigenvalue weighted by atomic mass is 16.6. The molecule has 0 unspecified atom stereocenters. The average Bonchev–Trinajstić information content (AvgIpc) is 2.47. The van der Waals surface area contributed by atoms with E-state index in [1.165, 1.54) is 6.20 Å². The first-order valence-electron chi connectivity index (χ1n) is 4.23. The molecule has 0 aliphatic heterocycles. The second-order valence-electron chi connectivity index (χ2n) is 3.86. The molecule has 0 spiro atoms. The van der Waals surface area contributed by atoms with Gasteiger partial charge in [0.25, 0.3) is 0 Å². The Labute approximate surface area is 85.8 Å². The zero-order valence-corrected chi connectivity index (χ0v) is 8.63. The summed E-state index contributed by atoms with van der Waals surface area (Å²) >= 11 is 0. The normalized spacial score (nSPS) is 11.1. The largest absolute Gasteiger partial charge is 0.454 e. The number of hydrogen-bond donors (Lipinski definition) is 0. The van der Waals surface area contributed by atoms with E-state index >= 15 is 0 Å². The molecule has 7 nitrogen and oxygen atoms in total. The number of aromatic nitrogens is 2. The van der Waals surface area contributed by atoms with Gasteiger partial charge in [-0.05, 0) is 25.7 Å². The van der Waals surface area contributed by atoms with Crippen LogP contribution in [0.5, 0.6) is 0 Å². The molecule has 0 bridgehead atoms. The molecule has 0 fully saturated rings. The molecular formula is C8H11N3O4. The molecule has 0 N–H and O–H groups in total. The molecule has 1 aromatic heterocycles. The van der Waals surface area contributed by atoms with Gasteiger partial charge >= 0.3 is 11.9 Å². The van der Waals surface area contributed by atoms with Crippen molar-refractivity contribution in [2.45, 2.75) is 26.4 Å². The Balaban J connectivity index is 2.79. The van der Waals surface area contributed by atoms with Crippen LogP contribution in [0.2, 0.25) is 0 Å². The summed E-state index contributed by atoms with van der Waals surface area (Å²) in [5.74, 6) is -0.388. The van der Waals surface area contributed by atoms with Crippen LogP contribution in [0.15, 0.2) is 12.3 Å². The number of carbonyl (C=O) groups excluding carboxylic acids is 1. The molecule has 1 heterocycles. The highest BCUT2D eigenvalue weighted by Gasteiger charge is 2.22. The van der Waals surface area contributed by atoms with E-state index in [0.29, 0.717) is 0 Å². The monoisotopic (exact) mass is 213 g/mol. The van der Waals surface area contributed by atoms with Crippen LogP contribution >= 0.6 is 0 Å². The van der Waals surface area contributed by atoms with Crippen molar-refractivity contribution in [1.82, 2.24) is 9.78 Å². The van der Waals surface area contributed by atoms with Crippen LogP contribution in [0.3, 0.4) is 0 Å². The van der Waals surface area contributed by atoms with E-state index in [-0.39, 0.29) is 5.82 Å². The van der Waals surface area contributed by atoms with E-state index in [1.54, 1.807) is 20.8 Å². The van der Waals surface area contributed by atoms with E-state index < -0.39 is 16.6 Å². The van der Waals surface area contributed by atoms with Gasteiger partial charge in [0.15, 0.2) is 0 Å². The molecule has 0 radical (unpaired) electrons. The Morgan fingerprint density at radius 1 is 1.60 bits per heavy atom. The minimum Gasteiger partial charge on any atom is -0.441 e. The first-order chi connectivity index (χ1) is 6.79. The second-order valence-corrected chi connectivity index (χ2v) is 3.86. The Bertz CT molecular complexity index is 391. The number of nitrogens with zero attached hydrogens (tertiary/aromatic N) is 3. The van der Waals surface area contributed by atoms with Crippen molar-refractivity contribution < 1.29 is 14.5 Å². The van der Waals surface area contributed by atoms with E-state index in [2.05, 4.69) is 5.10 Å². The van der Waals surface area contributed by atoms with Gasteiger partial charge in [-0.1, -0.05) is 4.68 Å². The molecule has 0 aliphatic carbocycles. The van der Waals surface area contributed by atoms with E-state index in [0.717, 1.165) is 10.7 Å². The molecule has 0 aliphatic rings. The third kappa shape index (κ3) is 3.04. The van der Waals surface area contributed by atoms with Gasteiger partial charge in [-0.25, -0.2) is 4.79 Å². The average molecular weight is 213 g/mol. The number of hydrogen-bond acceptors (Lipinski definition) is 5. The van der Waals surface area contributed by atoms with Crippen LogP contribution in [0.1, 0.15) is 20.8 Å². The van der Waals surface area contributed by atoms with Crippen LogP contribution in [0, 0.1) is 10.1 Å². The van der Waals surface area contributed by atoms with Crippen molar-refractivity contribution >= 4 is 11.9 Å². The predicted octanol–water partition coefficient (Wildman–Crippen LogP) is 1.57. The Hall–Kier alpha value is -1.92. The van der Waals surface area contributed by atoms with Crippen LogP contribution in [-0.4, -0.2) is 26.4 Å². The highest BCUT2D eigenvalue weighted by Crippen LogP contribution is 2.10. The lowest BCUT2D eigenvalue weighted by molar-refractivity contribution is -0.389. The molecule has 7 heteroatoms. The molecule has 82 valence electrons. The maximum Gasteiger partial charge on any atom is 0.454 e. The van der Waals surface area contributed by atoms with Gasteiger partial charge < -0.3 is 14.9 Å². The fraction of sp³-hybridized carbons (Fsp3) is 0.500. The highest BCUT2D eigenvalue weighted by molar-refractivity contribution is 5.69. The first kappa shape index (κ1) is 11.2. The maximum absolute atomic E-state index is 11.4. The summed E-state index contributed by atoms with van der Waals surface area (Å²) < 4.78 is 5.75. The molecule has 0 aromatic carbocycles. The second kappa shape index (κ2) is 3.68. The molecule has 0 saturated heterocycles. The molecule has 0 saturated carbocycles. The lowest BCUT2D eigenvalue weighted by Gasteiger charge is -2.17. The summed E-state index contributed by atoms with van der Waals surface area (Å²) in [6.45, 7) is 5.09. The minimum absolute atomic E-state index is 0.388. The fourth-order valence-corrected chi connectivity index (χ4v) is 0.822. The number of nitro groups is 1. The van der Waals surface area contributed by atoms with Crippen LogP contribution in [0.25, 0.3) is 0 Å².